The van der Waals surface area contributed by atoms with Crippen LogP contribution in [0.25, 0.3) is 0 Å². The maximum Gasteiger partial charge on any atom is 0.233 e. The van der Waals surface area contributed by atoms with Gasteiger partial charge in [0.2, 0.25) is 10.0 Å². The van der Waals surface area contributed by atoms with E-state index in [4.69, 9.17) is 0 Å². The van der Waals surface area contributed by atoms with Gasteiger partial charge >= 0.3 is 0 Å². The summed E-state index contributed by atoms with van der Waals surface area (Å²) < 4.78 is 27.5. The van der Waals surface area contributed by atoms with Crippen molar-refractivity contribution in [3.05, 3.63) is 58.3 Å². The molecular weight excluding hydrogens is 340 g/mol. The Morgan fingerprint density at radius 2 is 2.05 bits per heavy atom. The molecule has 20 heavy (non-hydrogen) atoms. The maximum absolute atomic E-state index is 12.0. The molecule has 0 saturated heterocycles. The zero-order valence-electron chi connectivity index (χ0n) is 11.0. The minimum Gasteiger partial charge on any atom is -0.284 e. The lowest BCUT2D eigenvalue weighted by Crippen LogP contribution is -2.18. The molecule has 2 aromatic rings. The number of nitrogens with zero attached hydrogens (tertiary/aromatic N) is 1. The molecular formula is C14H15BrN2O2S. The van der Waals surface area contributed by atoms with Crippen molar-refractivity contribution in [2.24, 2.45) is 0 Å². The first kappa shape index (κ1) is 15.0. The number of pyridine rings is 1. The van der Waals surface area contributed by atoms with Gasteiger partial charge in [0.1, 0.15) is 0 Å². The summed E-state index contributed by atoms with van der Waals surface area (Å²) >= 11 is 3.38. The SMILES string of the molecule is Cc1ccc(NS(=O)(=O)CCc2ccccn2)cc1Br. The van der Waals surface area contributed by atoms with Gasteiger partial charge in [-0.3, -0.25) is 9.71 Å². The number of nitrogens with one attached hydrogen (secondary N) is 1. The lowest BCUT2D eigenvalue weighted by molar-refractivity contribution is 0.600. The van der Waals surface area contributed by atoms with Gasteiger partial charge in [-0.1, -0.05) is 28.1 Å². The van der Waals surface area contributed by atoms with Gasteiger partial charge in [0, 0.05) is 28.5 Å². The fraction of sp³-hybridized carbons (Fsp3) is 0.214. The summed E-state index contributed by atoms with van der Waals surface area (Å²) in [7, 11) is -3.37. The average Bonchev–Trinajstić information content (AvgIpc) is 2.42. The lowest BCUT2D eigenvalue weighted by atomic mass is 10.2. The number of benzene rings is 1. The molecule has 2 rings (SSSR count). The molecule has 0 amide bonds. The Balaban J connectivity index is 2.02. The van der Waals surface area contributed by atoms with Crippen molar-refractivity contribution in [2.75, 3.05) is 10.5 Å². The summed E-state index contributed by atoms with van der Waals surface area (Å²) in [6.45, 7) is 1.95. The Bertz CT molecular complexity index is 688. The monoisotopic (exact) mass is 354 g/mol. The number of anilines is 1. The quantitative estimate of drug-likeness (QED) is 0.897. The van der Waals surface area contributed by atoms with Crippen LogP contribution in [0.15, 0.2) is 47.1 Å². The summed E-state index contributed by atoms with van der Waals surface area (Å²) in [6.07, 6.45) is 2.05. The highest BCUT2D eigenvalue weighted by Gasteiger charge is 2.11. The zero-order valence-corrected chi connectivity index (χ0v) is 13.4. The molecule has 0 aliphatic heterocycles. The first-order chi connectivity index (χ1) is 9.46. The summed E-state index contributed by atoms with van der Waals surface area (Å²) in [5, 5.41) is 0. The molecule has 0 unspecified atom stereocenters. The number of aryl methyl sites for hydroxylation is 2. The van der Waals surface area contributed by atoms with Crippen molar-refractivity contribution in [1.29, 1.82) is 0 Å². The molecule has 1 aromatic heterocycles. The molecule has 1 N–H and O–H groups in total. The smallest absolute Gasteiger partial charge is 0.233 e. The van der Waals surface area contributed by atoms with Crippen molar-refractivity contribution in [1.82, 2.24) is 4.98 Å². The standard InChI is InChI=1S/C14H15BrN2O2S/c1-11-5-6-13(10-14(11)15)17-20(18,19)9-7-12-4-2-3-8-16-12/h2-6,8,10,17H,7,9H2,1H3. The van der Waals surface area contributed by atoms with Gasteiger partial charge in [0.25, 0.3) is 0 Å². The fourth-order valence-corrected chi connectivity index (χ4v) is 3.12. The molecule has 0 aliphatic rings. The molecule has 0 aliphatic carbocycles. The van der Waals surface area contributed by atoms with E-state index in [1.807, 2.05) is 25.1 Å². The Kier molecular flexibility index (Phi) is 4.77. The van der Waals surface area contributed by atoms with E-state index in [9.17, 15) is 8.42 Å². The molecule has 106 valence electrons. The summed E-state index contributed by atoms with van der Waals surface area (Å²) in [5.41, 5.74) is 2.38. The Morgan fingerprint density at radius 1 is 1.25 bits per heavy atom. The molecule has 1 heterocycles. The molecule has 6 heteroatoms. The van der Waals surface area contributed by atoms with Crippen LogP contribution in [0.3, 0.4) is 0 Å². The Morgan fingerprint density at radius 3 is 2.70 bits per heavy atom. The zero-order chi connectivity index (χ0) is 14.6. The second kappa shape index (κ2) is 6.37. The number of hydrogen-bond acceptors (Lipinski definition) is 3. The Labute approximate surface area is 127 Å². The second-order valence-electron chi connectivity index (χ2n) is 4.46. The number of hydrogen-bond donors (Lipinski definition) is 1. The minimum absolute atomic E-state index is 0.00943. The molecule has 0 spiro atoms. The maximum atomic E-state index is 12.0. The van der Waals surface area contributed by atoms with E-state index >= 15 is 0 Å². The van der Waals surface area contributed by atoms with Gasteiger partial charge in [0.05, 0.1) is 5.75 Å². The first-order valence-corrected chi connectivity index (χ1v) is 8.57. The van der Waals surface area contributed by atoms with E-state index in [-0.39, 0.29) is 5.75 Å². The van der Waals surface area contributed by atoms with Crippen LogP contribution < -0.4 is 4.72 Å². The van der Waals surface area contributed by atoms with E-state index in [0.717, 1.165) is 15.7 Å². The molecule has 1 aromatic carbocycles. The highest BCUT2D eigenvalue weighted by molar-refractivity contribution is 9.10. The van der Waals surface area contributed by atoms with Gasteiger partial charge in [-0.25, -0.2) is 8.42 Å². The molecule has 0 fully saturated rings. The van der Waals surface area contributed by atoms with E-state index in [1.54, 1.807) is 24.4 Å². The Hall–Kier alpha value is -1.40. The van der Waals surface area contributed by atoms with Crippen LogP contribution in [-0.4, -0.2) is 19.2 Å². The van der Waals surface area contributed by atoms with Gasteiger partial charge in [0.15, 0.2) is 0 Å². The number of aromatic nitrogens is 1. The second-order valence-corrected chi connectivity index (χ2v) is 7.15. The summed E-state index contributed by atoms with van der Waals surface area (Å²) in [6, 6.07) is 10.8. The number of halogens is 1. The normalized spacial score (nSPS) is 11.3. The highest BCUT2D eigenvalue weighted by atomic mass is 79.9. The van der Waals surface area contributed by atoms with Crippen molar-refractivity contribution < 1.29 is 8.42 Å². The van der Waals surface area contributed by atoms with Crippen LogP contribution >= 0.6 is 15.9 Å². The third-order valence-corrected chi connectivity index (χ3v) is 4.94. The van der Waals surface area contributed by atoms with Crippen molar-refractivity contribution >= 4 is 31.6 Å². The molecule has 0 saturated carbocycles. The summed E-state index contributed by atoms with van der Waals surface area (Å²) in [4.78, 5) is 4.11. The molecule has 0 bridgehead atoms. The number of sulfonamides is 1. The van der Waals surface area contributed by atoms with Crippen LogP contribution in [-0.2, 0) is 16.4 Å². The van der Waals surface area contributed by atoms with Crippen LogP contribution in [0.2, 0.25) is 0 Å². The van der Waals surface area contributed by atoms with E-state index in [0.29, 0.717) is 12.1 Å². The van der Waals surface area contributed by atoms with Gasteiger partial charge in [-0.15, -0.1) is 0 Å². The number of rotatable bonds is 5. The van der Waals surface area contributed by atoms with E-state index in [2.05, 4.69) is 25.6 Å². The van der Waals surface area contributed by atoms with E-state index in [1.165, 1.54) is 0 Å². The van der Waals surface area contributed by atoms with Crippen LogP contribution in [0.1, 0.15) is 11.3 Å². The molecule has 4 nitrogen and oxygen atoms in total. The van der Waals surface area contributed by atoms with E-state index < -0.39 is 10.0 Å². The highest BCUT2D eigenvalue weighted by Crippen LogP contribution is 2.21. The minimum atomic E-state index is -3.37. The van der Waals surface area contributed by atoms with Crippen LogP contribution in [0, 0.1) is 6.92 Å². The van der Waals surface area contributed by atoms with Crippen LogP contribution in [0.4, 0.5) is 5.69 Å². The van der Waals surface area contributed by atoms with Gasteiger partial charge in [-0.2, -0.15) is 0 Å². The molecule has 0 atom stereocenters. The predicted octanol–water partition coefficient (Wildman–Crippen LogP) is 3.14. The van der Waals surface area contributed by atoms with Crippen molar-refractivity contribution in [3.8, 4) is 0 Å². The topological polar surface area (TPSA) is 59.1 Å². The fourth-order valence-electron chi connectivity index (χ4n) is 1.67. The van der Waals surface area contributed by atoms with Crippen molar-refractivity contribution in [2.45, 2.75) is 13.3 Å². The first-order valence-electron chi connectivity index (χ1n) is 6.13. The predicted molar refractivity (Wildman–Crippen MR) is 84.2 cm³/mol. The lowest BCUT2D eigenvalue weighted by Gasteiger charge is -2.09. The third kappa shape index (κ3) is 4.31. The average molecular weight is 355 g/mol. The van der Waals surface area contributed by atoms with Crippen LogP contribution in [0.5, 0.6) is 0 Å². The van der Waals surface area contributed by atoms with Gasteiger partial charge < -0.3 is 0 Å². The largest absolute Gasteiger partial charge is 0.284 e. The third-order valence-electron chi connectivity index (χ3n) is 2.80. The van der Waals surface area contributed by atoms with Crippen molar-refractivity contribution in [3.63, 3.8) is 0 Å². The molecule has 0 radical (unpaired) electrons. The van der Waals surface area contributed by atoms with Gasteiger partial charge in [-0.05, 0) is 36.8 Å². The summed E-state index contributed by atoms with van der Waals surface area (Å²) in [5.74, 6) is 0.00943.